The van der Waals surface area contributed by atoms with Gasteiger partial charge in [-0.25, -0.2) is 9.37 Å². The minimum atomic E-state index is -5.41. The van der Waals surface area contributed by atoms with Gasteiger partial charge in [0.05, 0.1) is 18.7 Å². The van der Waals surface area contributed by atoms with Gasteiger partial charge in [0.25, 0.3) is 0 Å². The first-order chi connectivity index (χ1) is 9.94. The highest BCUT2D eigenvalue weighted by atomic mass is 19.4. The van der Waals surface area contributed by atoms with E-state index in [1.54, 1.807) is 0 Å². The number of pyridine rings is 1. The van der Waals surface area contributed by atoms with Crippen molar-refractivity contribution < 1.29 is 45.0 Å². The van der Waals surface area contributed by atoms with Gasteiger partial charge in [0.1, 0.15) is 5.69 Å². The average Bonchev–Trinajstić information content (AvgIpc) is 2.31. The number of nitrogens with zero attached hydrogens (tertiary/aromatic N) is 1. The molecule has 0 spiro atoms. The molecule has 0 amide bonds. The SMILES string of the molecule is CCOC(=O)Cc1nc(C(F)(F)F)cc(OC(F)(F)F)c1F. The van der Waals surface area contributed by atoms with Crippen LogP contribution in [0.15, 0.2) is 6.07 Å². The Morgan fingerprint density at radius 2 is 1.82 bits per heavy atom. The molecule has 0 atom stereocenters. The molecule has 4 nitrogen and oxygen atoms in total. The molecular formula is C11H8F7NO3. The van der Waals surface area contributed by atoms with Crippen molar-refractivity contribution in [2.45, 2.75) is 25.9 Å². The molecule has 1 aromatic rings. The molecule has 0 fully saturated rings. The van der Waals surface area contributed by atoms with Gasteiger partial charge in [-0.2, -0.15) is 13.2 Å². The number of esters is 1. The van der Waals surface area contributed by atoms with Crippen LogP contribution in [0.1, 0.15) is 18.3 Å². The Kier molecular flexibility index (Phi) is 5.20. The van der Waals surface area contributed by atoms with Crippen molar-refractivity contribution >= 4 is 5.97 Å². The van der Waals surface area contributed by atoms with Crippen LogP contribution in [0.4, 0.5) is 30.7 Å². The number of carbonyl (C=O) groups is 1. The number of carbonyl (C=O) groups excluding carboxylic acids is 1. The normalized spacial score (nSPS) is 12.2. The van der Waals surface area contributed by atoms with Crippen molar-refractivity contribution in [1.82, 2.24) is 4.98 Å². The summed E-state index contributed by atoms with van der Waals surface area (Å²) >= 11 is 0. The van der Waals surface area contributed by atoms with Crippen LogP contribution in [0.25, 0.3) is 0 Å². The zero-order valence-corrected chi connectivity index (χ0v) is 10.8. The van der Waals surface area contributed by atoms with Crippen molar-refractivity contribution in [3.05, 3.63) is 23.3 Å². The molecule has 1 aromatic heterocycles. The van der Waals surface area contributed by atoms with E-state index >= 15 is 0 Å². The summed E-state index contributed by atoms with van der Waals surface area (Å²) in [6.45, 7) is 1.23. The second kappa shape index (κ2) is 6.36. The highest BCUT2D eigenvalue weighted by molar-refractivity contribution is 5.72. The number of ether oxygens (including phenoxy) is 2. The third-order valence-electron chi connectivity index (χ3n) is 2.13. The number of rotatable bonds is 4. The molecular weight excluding hydrogens is 327 g/mol. The second-order valence-electron chi connectivity index (χ2n) is 3.79. The molecule has 11 heteroatoms. The van der Waals surface area contributed by atoms with E-state index in [2.05, 4.69) is 14.5 Å². The lowest BCUT2D eigenvalue weighted by Crippen LogP contribution is -2.21. The number of halogens is 7. The Hall–Kier alpha value is -2.07. The Morgan fingerprint density at radius 3 is 2.27 bits per heavy atom. The maximum atomic E-state index is 13.7. The van der Waals surface area contributed by atoms with Gasteiger partial charge in [-0.3, -0.25) is 4.79 Å². The molecule has 0 saturated carbocycles. The highest BCUT2D eigenvalue weighted by Crippen LogP contribution is 2.34. The highest BCUT2D eigenvalue weighted by Gasteiger charge is 2.38. The van der Waals surface area contributed by atoms with E-state index in [4.69, 9.17) is 0 Å². The summed E-state index contributed by atoms with van der Waals surface area (Å²) in [4.78, 5) is 14.0. The van der Waals surface area contributed by atoms with Gasteiger partial charge in [0.2, 0.25) is 0 Å². The zero-order valence-electron chi connectivity index (χ0n) is 10.8. The average molecular weight is 335 g/mol. The largest absolute Gasteiger partial charge is 0.573 e. The molecule has 0 aliphatic carbocycles. The van der Waals surface area contributed by atoms with Gasteiger partial charge in [-0.05, 0) is 6.92 Å². The van der Waals surface area contributed by atoms with Gasteiger partial charge < -0.3 is 9.47 Å². The fraction of sp³-hybridized carbons (Fsp3) is 0.455. The summed E-state index contributed by atoms with van der Waals surface area (Å²) in [5.74, 6) is -4.70. The van der Waals surface area contributed by atoms with Crippen molar-refractivity contribution in [3.8, 4) is 5.75 Å². The Balaban J connectivity index is 3.30. The molecule has 0 bridgehead atoms. The third kappa shape index (κ3) is 5.04. The van der Waals surface area contributed by atoms with Gasteiger partial charge in [-0.15, -0.1) is 13.2 Å². The minimum absolute atomic E-state index is 0.147. The summed E-state index contributed by atoms with van der Waals surface area (Å²) in [6.07, 6.45) is -11.6. The van der Waals surface area contributed by atoms with Crippen molar-refractivity contribution in [2.75, 3.05) is 6.61 Å². The fourth-order valence-electron chi connectivity index (χ4n) is 1.37. The van der Waals surface area contributed by atoms with Crippen LogP contribution in [0.3, 0.4) is 0 Å². The van der Waals surface area contributed by atoms with Crippen LogP contribution in [-0.4, -0.2) is 23.9 Å². The van der Waals surface area contributed by atoms with Crippen LogP contribution in [0.2, 0.25) is 0 Å². The first-order valence-electron chi connectivity index (χ1n) is 5.62. The third-order valence-corrected chi connectivity index (χ3v) is 2.13. The summed E-state index contributed by atoms with van der Waals surface area (Å²) in [6, 6.07) is -0.239. The zero-order chi connectivity index (χ0) is 17.1. The Labute approximate surface area is 118 Å². The summed E-state index contributed by atoms with van der Waals surface area (Å²) in [5, 5.41) is 0. The predicted octanol–water partition coefficient (Wildman–Crippen LogP) is 3.24. The minimum Gasteiger partial charge on any atom is -0.466 e. The van der Waals surface area contributed by atoms with Crippen LogP contribution in [0.5, 0.6) is 5.75 Å². The Bertz CT molecular complexity index is 554. The van der Waals surface area contributed by atoms with Gasteiger partial charge in [-0.1, -0.05) is 0 Å². The molecule has 0 saturated heterocycles. The number of aromatic nitrogens is 1. The van der Waals surface area contributed by atoms with Gasteiger partial charge >= 0.3 is 18.5 Å². The standard InChI is InChI=1S/C11H8F7NO3/c1-2-21-8(20)3-5-9(12)6(22-11(16,17)18)4-7(19-5)10(13,14)15/h4H,2-3H2,1H3. The molecule has 124 valence electrons. The van der Waals surface area contributed by atoms with E-state index in [-0.39, 0.29) is 12.7 Å². The molecule has 0 aliphatic heterocycles. The van der Waals surface area contributed by atoms with E-state index in [9.17, 15) is 35.5 Å². The molecule has 22 heavy (non-hydrogen) atoms. The van der Waals surface area contributed by atoms with E-state index < -0.39 is 47.9 Å². The number of hydrogen-bond donors (Lipinski definition) is 0. The Morgan fingerprint density at radius 1 is 1.23 bits per heavy atom. The van der Waals surface area contributed by atoms with Crippen molar-refractivity contribution in [3.63, 3.8) is 0 Å². The lowest BCUT2D eigenvalue weighted by molar-refractivity contribution is -0.275. The lowest BCUT2D eigenvalue weighted by Gasteiger charge is -2.14. The quantitative estimate of drug-likeness (QED) is 0.626. The molecule has 0 radical (unpaired) electrons. The van der Waals surface area contributed by atoms with E-state index in [1.807, 2.05) is 0 Å². The van der Waals surface area contributed by atoms with Gasteiger partial charge in [0, 0.05) is 6.07 Å². The van der Waals surface area contributed by atoms with Gasteiger partial charge in [0.15, 0.2) is 11.6 Å². The summed E-state index contributed by atoms with van der Waals surface area (Å²) in [7, 11) is 0. The smallest absolute Gasteiger partial charge is 0.466 e. The van der Waals surface area contributed by atoms with E-state index in [0.29, 0.717) is 0 Å². The predicted molar refractivity (Wildman–Crippen MR) is 56.2 cm³/mol. The number of alkyl halides is 6. The second-order valence-corrected chi connectivity index (χ2v) is 3.79. The molecule has 0 aromatic carbocycles. The number of hydrogen-bond acceptors (Lipinski definition) is 4. The first kappa shape index (κ1) is 18.0. The summed E-state index contributed by atoms with van der Waals surface area (Å²) < 4.78 is 95.2. The van der Waals surface area contributed by atoms with E-state index in [1.165, 1.54) is 6.92 Å². The monoisotopic (exact) mass is 335 g/mol. The van der Waals surface area contributed by atoms with Crippen molar-refractivity contribution in [2.24, 2.45) is 0 Å². The van der Waals surface area contributed by atoms with Crippen molar-refractivity contribution in [1.29, 1.82) is 0 Å². The first-order valence-corrected chi connectivity index (χ1v) is 5.62. The molecule has 0 aliphatic rings. The van der Waals surface area contributed by atoms with Crippen LogP contribution in [0, 0.1) is 5.82 Å². The maximum Gasteiger partial charge on any atom is 0.573 e. The summed E-state index contributed by atoms with van der Waals surface area (Å²) in [5.41, 5.74) is -2.99. The van der Waals surface area contributed by atoms with Crippen LogP contribution < -0.4 is 4.74 Å². The topological polar surface area (TPSA) is 48.4 Å². The maximum absolute atomic E-state index is 13.7. The van der Waals surface area contributed by atoms with Crippen LogP contribution in [-0.2, 0) is 22.1 Å². The molecule has 0 unspecified atom stereocenters. The fourth-order valence-corrected chi connectivity index (χ4v) is 1.37. The van der Waals surface area contributed by atoms with E-state index in [0.717, 1.165) is 0 Å². The molecule has 0 N–H and O–H groups in total. The van der Waals surface area contributed by atoms with Crippen LogP contribution >= 0.6 is 0 Å². The molecule has 1 rings (SSSR count). The molecule has 1 heterocycles. The lowest BCUT2D eigenvalue weighted by atomic mass is 10.2.